The molecule has 0 bridgehead atoms. The Labute approximate surface area is 151 Å². The first-order chi connectivity index (χ1) is 12.0. The fraction of sp³-hybridized carbons (Fsp3) is 0.429. The molecule has 0 heterocycles. The van der Waals surface area contributed by atoms with Gasteiger partial charge in [-0.15, -0.1) is 0 Å². The number of rotatable bonds is 9. The number of methoxy groups -OCH3 is 2. The van der Waals surface area contributed by atoms with Crippen LogP contribution >= 0.6 is 0 Å². The maximum Gasteiger partial charge on any atom is 0.123 e. The van der Waals surface area contributed by atoms with Crippen molar-refractivity contribution in [1.82, 2.24) is 10.2 Å². The molecule has 2 aromatic rings. The smallest absolute Gasteiger partial charge is 0.123 e. The van der Waals surface area contributed by atoms with Crippen LogP contribution in [0.4, 0.5) is 0 Å². The van der Waals surface area contributed by atoms with Crippen LogP contribution in [0.2, 0.25) is 0 Å². The number of hydrogen-bond donors (Lipinski definition) is 1. The van der Waals surface area contributed by atoms with Gasteiger partial charge in [0, 0.05) is 31.2 Å². The van der Waals surface area contributed by atoms with Crippen molar-refractivity contribution in [2.75, 3.05) is 21.3 Å². The molecule has 0 saturated carbocycles. The van der Waals surface area contributed by atoms with Gasteiger partial charge < -0.3 is 14.8 Å². The van der Waals surface area contributed by atoms with E-state index in [1.54, 1.807) is 14.2 Å². The Morgan fingerprint density at radius 2 is 1.72 bits per heavy atom. The number of nitrogens with zero attached hydrogens (tertiary/aromatic N) is 1. The van der Waals surface area contributed by atoms with Gasteiger partial charge in [0.25, 0.3) is 0 Å². The molecule has 1 N–H and O–H groups in total. The molecule has 4 nitrogen and oxygen atoms in total. The minimum Gasteiger partial charge on any atom is -0.497 e. The molecule has 0 aromatic heterocycles. The molecule has 2 aromatic carbocycles. The minimum atomic E-state index is 0.544. The summed E-state index contributed by atoms with van der Waals surface area (Å²) < 4.78 is 10.7. The molecule has 0 spiro atoms. The van der Waals surface area contributed by atoms with Gasteiger partial charge >= 0.3 is 0 Å². The zero-order valence-electron chi connectivity index (χ0n) is 16.0. The standard InChI is InChI=1S/C21H30N2O2/c1-16(2)23(3)15-18-8-6-7-17(11-18)13-22-14-19-12-20(24-4)9-10-21(19)25-5/h6-12,16,22H,13-15H2,1-5H3. The normalized spacial score (nSPS) is 11.2. The van der Waals surface area contributed by atoms with Crippen molar-refractivity contribution in [1.29, 1.82) is 0 Å². The monoisotopic (exact) mass is 342 g/mol. The maximum absolute atomic E-state index is 5.43. The van der Waals surface area contributed by atoms with E-state index in [-0.39, 0.29) is 0 Å². The lowest BCUT2D eigenvalue weighted by Gasteiger charge is -2.21. The van der Waals surface area contributed by atoms with Crippen molar-refractivity contribution in [2.24, 2.45) is 0 Å². The Hall–Kier alpha value is -2.04. The molecule has 136 valence electrons. The Morgan fingerprint density at radius 1 is 0.960 bits per heavy atom. The van der Waals surface area contributed by atoms with Gasteiger partial charge in [-0.2, -0.15) is 0 Å². The van der Waals surface area contributed by atoms with E-state index in [9.17, 15) is 0 Å². The number of ether oxygens (including phenoxy) is 2. The zero-order valence-corrected chi connectivity index (χ0v) is 16.0. The molecule has 4 heteroatoms. The predicted octanol–water partition coefficient (Wildman–Crippen LogP) is 3.83. The van der Waals surface area contributed by atoms with Crippen LogP contribution in [-0.4, -0.2) is 32.2 Å². The average molecular weight is 342 g/mol. The van der Waals surface area contributed by atoms with Crippen molar-refractivity contribution < 1.29 is 9.47 Å². The molecule has 0 aliphatic rings. The molecule has 0 aliphatic heterocycles. The Bertz CT molecular complexity index is 671. The molecule has 0 saturated heterocycles. The molecule has 25 heavy (non-hydrogen) atoms. The first-order valence-corrected chi connectivity index (χ1v) is 8.73. The SMILES string of the molecule is COc1ccc(OC)c(CNCc2cccc(CN(C)C(C)C)c2)c1. The van der Waals surface area contributed by atoms with Crippen LogP contribution in [0.5, 0.6) is 11.5 Å². The van der Waals surface area contributed by atoms with E-state index < -0.39 is 0 Å². The lowest BCUT2D eigenvalue weighted by molar-refractivity contribution is 0.266. The molecule has 0 fully saturated rings. The molecule has 0 unspecified atom stereocenters. The molecule has 2 rings (SSSR count). The van der Waals surface area contributed by atoms with Crippen LogP contribution in [0, 0.1) is 0 Å². The largest absolute Gasteiger partial charge is 0.497 e. The van der Waals surface area contributed by atoms with E-state index in [2.05, 4.69) is 55.4 Å². The van der Waals surface area contributed by atoms with Crippen molar-refractivity contribution in [2.45, 2.75) is 39.5 Å². The van der Waals surface area contributed by atoms with E-state index in [0.29, 0.717) is 6.04 Å². The van der Waals surface area contributed by atoms with E-state index in [1.807, 2.05) is 18.2 Å². The summed E-state index contributed by atoms with van der Waals surface area (Å²) in [7, 11) is 5.53. The van der Waals surface area contributed by atoms with E-state index in [1.165, 1.54) is 11.1 Å². The van der Waals surface area contributed by atoms with Gasteiger partial charge in [0.1, 0.15) is 11.5 Å². The van der Waals surface area contributed by atoms with Gasteiger partial charge in [0.2, 0.25) is 0 Å². The fourth-order valence-electron chi connectivity index (χ4n) is 2.67. The van der Waals surface area contributed by atoms with Gasteiger partial charge in [0.05, 0.1) is 14.2 Å². The maximum atomic E-state index is 5.43. The third-order valence-electron chi connectivity index (χ3n) is 4.44. The topological polar surface area (TPSA) is 33.7 Å². The van der Waals surface area contributed by atoms with Gasteiger partial charge in [-0.3, -0.25) is 4.90 Å². The first-order valence-electron chi connectivity index (χ1n) is 8.73. The Balaban J connectivity index is 1.96. The van der Waals surface area contributed by atoms with Gasteiger partial charge in [-0.05, 0) is 50.2 Å². The zero-order chi connectivity index (χ0) is 18.2. The molecular formula is C21H30N2O2. The highest BCUT2D eigenvalue weighted by molar-refractivity contribution is 5.40. The van der Waals surface area contributed by atoms with Crippen LogP contribution < -0.4 is 14.8 Å². The third-order valence-corrected chi connectivity index (χ3v) is 4.44. The van der Waals surface area contributed by atoms with E-state index in [4.69, 9.17) is 9.47 Å². The molecular weight excluding hydrogens is 312 g/mol. The number of benzene rings is 2. The Morgan fingerprint density at radius 3 is 2.40 bits per heavy atom. The van der Waals surface area contributed by atoms with Crippen molar-refractivity contribution in [3.63, 3.8) is 0 Å². The molecule has 0 aliphatic carbocycles. The fourth-order valence-corrected chi connectivity index (χ4v) is 2.67. The van der Waals surface area contributed by atoms with E-state index >= 15 is 0 Å². The summed E-state index contributed by atoms with van der Waals surface area (Å²) in [6.07, 6.45) is 0. The van der Waals surface area contributed by atoms with Crippen molar-refractivity contribution >= 4 is 0 Å². The van der Waals surface area contributed by atoms with Crippen molar-refractivity contribution in [3.8, 4) is 11.5 Å². The highest BCUT2D eigenvalue weighted by atomic mass is 16.5. The lowest BCUT2D eigenvalue weighted by Crippen LogP contribution is -2.25. The van der Waals surface area contributed by atoms with Crippen LogP contribution in [0.1, 0.15) is 30.5 Å². The van der Waals surface area contributed by atoms with Crippen LogP contribution in [0.25, 0.3) is 0 Å². The first kappa shape index (κ1) is 19.3. The Kier molecular flexibility index (Phi) is 7.29. The molecule has 0 amide bonds. The summed E-state index contributed by atoms with van der Waals surface area (Å²) >= 11 is 0. The highest BCUT2D eigenvalue weighted by Crippen LogP contribution is 2.23. The summed E-state index contributed by atoms with van der Waals surface area (Å²) in [5, 5.41) is 3.50. The summed E-state index contributed by atoms with van der Waals surface area (Å²) in [6.45, 7) is 6.95. The van der Waals surface area contributed by atoms with Gasteiger partial charge in [-0.1, -0.05) is 24.3 Å². The van der Waals surface area contributed by atoms with Crippen LogP contribution in [0.3, 0.4) is 0 Å². The predicted molar refractivity (Wildman–Crippen MR) is 103 cm³/mol. The second-order valence-corrected chi connectivity index (χ2v) is 6.61. The molecule has 0 radical (unpaired) electrons. The minimum absolute atomic E-state index is 0.544. The number of nitrogens with one attached hydrogen (secondary N) is 1. The number of hydrogen-bond acceptors (Lipinski definition) is 4. The van der Waals surface area contributed by atoms with Gasteiger partial charge in [-0.25, -0.2) is 0 Å². The lowest BCUT2D eigenvalue weighted by atomic mass is 10.1. The van der Waals surface area contributed by atoms with Crippen LogP contribution in [-0.2, 0) is 19.6 Å². The quantitative estimate of drug-likeness (QED) is 0.751. The van der Waals surface area contributed by atoms with Crippen molar-refractivity contribution in [3.05, 3.63) is 59.2 Å². The van der Waals surface area contributed by atoms with Crippen LogP contribution in [0.15, 0.2) is 42.5 Å². The summed E-state index contributed by atoms with van der Waals surface area (Å²) in [6, 6.07) is 15.2. The third kappa shape index (κ3) is 5.76. The average Bonchev–Trinajstić information content (AvgIpc) is 2.61. The second kappa shape index (κ2) is 9.44. The summed E-state index contributed by atoms with van der Waals surface area (Å²) in [5.74, 6) is 1.72. The van der Waals surface area contributed by atoms with Gasteiger partial charge in [0.15, 0.2) is 0 Å². The summed E-state index contributed by atoms with van der Waals surface area (Å²) in [4.78, 5) is 2.34. The van der Waals surface area contributed by atoms with E-state index in [0.717, 1.165) is 36.7 Å². The molecule has 0 atom stereocenters. The highest BCUT2D eigenvalue weighted by Gasteiger charge is 2.06. The second-order valence-electron chi connectivity index (χ2n) is 6.61. The summed E-state index contributed by atoms with van der Waals surface area (Å²) in [5.41, 5.74) is 3.73.